The number of aliphatic hydroxyl groups excluding tert-OH is 1. The highest BCUT2D eigenvalue weighted by Crippen LogP contribution is 2.27. The lowest BCUT2D eigenvalue weighted by Gasteiger charge is -2.28. The Bertz CT molecular complexity index is 173. The number of alkyl halides is 2. The Hall–Kier alpha value is -0.220. The maximum absolute atomic E-state index is 13.1. The molecule has 1 unspecified atom stereocenters. The van der Waals surface area contributed by atoms with Crippen LogP contribution in [0.4, 0.5) is 8.78 Å². The summed E-state index contributed by atoms with van der Waals surface area (Å²) >= 11 is 0. The van der Waals surface area contributed by atoms with Gasteiger partial charge in [0.05, 0.1) is 12.6 Å². The van der Waals surface area contributed by atoms with Crippen molar-refractivity contribution in [3.05, 3.63) is 0 Å². The van der Waals surface area contributed by atoms with Crippen LogP contribution in [0, 0.1) is 0 Å². The number of aliphatic hydroxyl groups is 1. The van der Waals surface area contributed by atoms with Crippen LogP contribution in [0.5, 0.6) is 0 Å². The minimum absolute atomic E-state index is 0.0682. The Balaban J connectivity index is 2.63. The second kappa shape index (κ2) is 3.88. The predicted octanol–water partition coefficient (Wildman–Crippen LogP) is 1.49. The fraction of sp³-hybridized carbons (Fsp3) is 1.00. The average molecular weight is 193 g/mol. The Morgan fingerprint density at radius 1 is 1.46 bits per heavy atom. The normalized spacial score (nSPS) is 30.5. The van der Waals surface area contributed by atoms with Gasteiger partial charge >= 0.3 is 0 Å². The molecule has 78 valence electrons. The van der Waals surface area contributed by atoms with Crippen molar-refractivity contribution >= 4 is 0 Å². The lowest BCUT2D eigenvalue weighted by molar-refractivity contribution is -0.0355. The number of halogens is 2. The van der Waals surface area contributed by atoms with Gasteiger partial charge in [-0.2, -0.15) is 0 Å². The Morgan fingerprint density at radius 2 is 2.08 bits per heavy atom. The van der Waals surface area contributed by atoms with Crippen molar-refractivity contribution in [3.63, 3.8) is 0 Å². The maximum atomic E-state index is 13.1. The van der Waals surface area contributed by atoms with Crippen LogP contribution in [0.3, 0.4) is 0 Å². The third kappa shape index (κ3) is 3.19. The van der Waals surface area contributed by atoms with E-state index in [4.69, 9.17) is 0 Å². The van der Waals surface area contributed by atoms with E-state index in [0.717, 1.165) is 0 Å². The molecule has 4 heteroatoms. The van der Waals surface area contributed by atoms with E-state index in [-0.39, 0.29) is 25.4 Å². The van der Waals surface area contributed by atoms with Crippen molar-refractivity contribution in [2.75, 3.05) is 13.1 Å². The molecule has 1 fully saturated rings. The van der Waals surface area contributed by atoms with Gasteiger partial charge in [0.25, 0.3) is 5.92 Å². The average Bonchev–Trinajstić information content (AvgIpc) is 2.11. The summed E-state index contributed by atoms with van der Waals surface area (Å²) in [6.07, 6.45) is -0.594. The number of hydrogen-bond acceptors (Lipinski definition) is 2. The van der Waals surface area contributed by atoms with Crippen molar-refractivity contribution in [1.29, 1.82) is 0 Å². The first-order valence-electron chi connectivity index (χ1n) is 4.71. The van der Waals surface area contributed by atoms with Crippen LogP contribution < -0.4 is 0 Å². The Labute approximate surface area is 77.5 Å². The second-order valence-electron chi connectivity index (χ2n) is 4.07. The zero-order valence-corrected chi connectivity index (χ0v) is 8.13. The van der Waals surface area contributed by atoms with E-state index in [1.165, 1.54) is 0 Å². The molecule has 0 aromatic rings. The lowest BCUT2D eigenvalue weighted by Crippen LogP contribution is -2.41. The fourth-order valence-corrected chi connectivity index (χ4v) is 1.57. The summed E-state index contributed by atoms with van der Waals surface area (Å²) in [6, 6.07) is 0.0682. The second-order valence-corrected chi connectivity index (χ2v) is 4.07. The van der Waals surface area contributed by atoms with Crippen molar-refractivity contribution in [3.8, 4) is 0 Å². The van der Waals surface area contributed by atoms with E-state index in [0.29, 0.717) is 6.54 Å². The van der Waals surface area contributed by atoms with Crippen molar-refractivity contribution in [1.82, 2.24) is 4.90 Å². The summed E-state index contributed by atoms with van der Waals surface area (Å²) in [5, 5.41) is 9.37. The van der Waals surface area contributed by atoms with Gasteiger partial charge in [-0.05, 0) is 20.3 Å². The van der Waals surface area contributed by atoms with Crippen LogP contribution in [-0.2, 0) is 0 Å². The molecule has 1 heterocycles. The summed E-state index contributed by atoms with van der Waals surface area (Å²) in [6.45, 7) is 3.89. The smallest absolute Gasteiger partial charge is 0.260 e. The molecule has 1 saturated heterocycles. The highest BCUT2D eigenvalue weighted by molar-refractivity contribution is 4.82. The molecule has 2 nitrogen and oxygen atoms in total. The third-order valence-electron chi connectivity index (χ3n) is 2.45. The van der Waals surface area contributed by atoms with Crippen LogP contribution in [0.2, 0.25) is 0 Å². The molecule has 0 aromatic heterocycles. The molecule has 0 aromatic carbocycles. The first-order chi connectivity index (χ1) is 5.91. The minimum atomic E-state index is -2.64. The van der Waals surface area contributed by atoms with Crippen LogP contribution >= 0.6 is 0 Å². The number of nitrogens with zero attached hydrogens (tertiary/aromatic N) is 1. The molecule has 1 rings (SSSR count). The first kappa shape index (κ1) is 10.9. The minimum Gasteiger partial charge on any atom is -0.392 e. The molecule has 0 saturated carbocycles. The van der Waals surface area contributed by atoms with Gasteiger partial charge in [0.15, 0.2) is 0 Å². The Kier molecular flexibility index (Phi) is 3.24. The number of hydrogen-bond donors (Lipinski definition) is 1. The summed E-state index contributed by atoms with van der Waals surface area (Å²) in [7, 11) is 0. The lowest BCUT2D eigenvalue weighted by atomic mass is 10.1. The van der Waals surface area contributed by atoms with E-state index >= 15 is 0 Å². The molecule has 0 radical (unpaired) electrons. The molecule has 1 atom stereocenters. The highest BCUT2D eigenvalue weighted by Gasteiger charge is 2.36. The van der Waals surface area contributed by atoms with E-state index in [1.54, 1.807) is 4.90 Å². The standard InChI is InChI=1S/C9H17F2NO/c1-7(2)12-5-8(13)3-4-9(10,11)6-12/h7-8,13H,3-6H2,1-2H3. The molecule has 13 heavy (non-hydrogen) atoms. The van der Waals surface area contributed by atoms with E-state index in [1.807, 2.05) is 13.8 Å². The van der Waals surface area contributed by atoms with Gasteiger partial charge in [-0.3, -0.25) is 4.90 Å². The molecule has 1 aliphatic heterocycles. The van der Waals surface area contributed by atoms with E-state index in [9.17, 15) is 13.9 Å². The molecule has 0 spiro atoms. The van der Waals surface area contributed by atoms with Gasteiger partial charge < -0.3 is 5.11 Å². The largest absolute Gasteiger partial charge is 0.392 e. The molecule has 1 aliphatic rings. The molecule has 0 aliphatic carbocycles. The van der Waals surface area contributed by atoms with Crippen LogP contribution in [0.25, 0.3) is 0 Å². The first-order valence-corrected chi connectivity index (χ1v) is 4.71. The van der Waals surface area contributed by atoms with Gasteiger partial charge in [0.2, 0.25) is 0 Å². The molecule has 0 bridgehead atoms. The predicted molar refractivity (Wildman–Crippen MR) is 46.9 cm³/mol. The van der Waals surface area contributed by atoms with Crippen LogP contribution in [-0.4, -0.2) is 41.2 Å². The molecule has 0 amide bonds. The van der Waals surface area contributed by atoms with Gasteiger partial charge in [-0.25, -0.2) is 8.78 Å². The van der Waals surface area contributed by atoms with Crippen molar-refractivity contribution < 1.29 is 13.9 Å². The topological polar surface area (TPSA) is 23.5 Å². The summed E-state index contributed by atoms with van der Waals surface area (Å²) in [4.78, 5) is 1.64. The maximum Gasteiger partial charge on any atom is 0.260 e. The van der Waals surface area contributed by atoms with Gasteiger partial charge in [-0.1, -0.05) is 0 Å². The van der Waals surface area contributed by atoms with Gasteiger partial charge in [0.1, 0.15) is 0 Å². The van der Waals surface area contributed by atoms with Crippen molar-refractivity contribution in [2.45, 2.75) is 44.8 Å². The molecular weight excluding hydrogens is 176 g/mol. The van der Waals surface area contributed by atoms with E-state index in [2.05, 4.69) is 0 Å². The third-order valence-corrected chi connectivity index (χ3v) is 2.45. The fourth-order valence-electron chi connectivity index (χ4n) is 1.57. The van der Waals surface area contributed by atoms with Gasteiger partial charge in [0, 0.05) is 19.0 Å². The zero-order valence-electron chi connectivity index (χ0n) is 8.13. The van der Waals surface area contributed by atoms with Crippen molar-refractivity contribution in [2.24, 2.45) is 0 Å². The summed E-state index contributed by atoms with van der Waals surface area (Å²) < 4.78 is 26.2. The summed E-state index contributed by atoms with van der Waals surface area (Å²) in [5.74, 6) is -2.64. The number of likely N-dealkylation sites (tertiary alicyclic amines) is 1. The number of β-amino-alcohol motifs (C(OH)–C–C–N with tert-alkyl or cyclic N) is 1. The van der Waals surface area contributed by atoms with E-state index < -0.39 is 12.0 Å². The molecule has 1 N–H and O–H groups in total. The number of rotatable bonds is 1. The summed E-state index contributed by atoms with van der Waals surface area (Å²) in [5.41, 5.74) is 0. The van der Waals surface area contributed by atoms with Gasteiger partial charge in [-0.15, -0.1) is 0 Å². The van der Waals surface area contributed by atoms with Crippen LogP contribution in [0.1, 0.15) is 26.7 Å². The SMILES string of the molecule is CC(C)N1CC(O)CCC(F)(F)C1. The highest BCUT2D eigenvalue weighted by atomic mass is 19.3. The molecular formula is C9H17F2NO. The monoisotopic (exact) mass is 193 g/mol. The van der Waals surface area contributed by atoms with Crippen LogP contribution in [0.15, 0.2) is 0 Å². The Morgan fingerprint density at radius 3 is 2.62 bits per heavy atom. The zero-order chi connectivity index (χ0) is 10.1. The quantitative estimate of drug-likeness (QED) is 0.682.